The van der Waals surface area contributed by atoms with E-state index in [-0.39, 0.29) is 0 Å². The molecule has 0 saturated carbocycles. The maximum absolute atomic E-state index is 12.8. The number of carbonyl (C=O) groups excluding carboxylic acids is 1. The number of benzene rings is 2. The van der Waals surface area contributed by atoms with Gasteiger partial charge < -0.3 is 10.1 Å². The van der Waals surface area contributed by atoms with E-state index in [2.05, 4.69) is 5.32 Å². The molecule has 0 saturated heterocycles. The van der Waals surface area contributed by atoms with Crippen LogP contribution in [0.15, 0.2) is 48.5 Å². The molecule has 0 atom stereocenters. The Bertz CT molecular complexity index is 636. The highest BCUT2D eigenvalue weighted by Crippen LogP contribution is 2.32. The van der Waals surface area contributed by atoms with Gasteiger partial charge >= 0.3 is 6.18 Å². The van der Waals surface area contributed by atoms with Gasteiger partial charge in [-0.25, -0.2) is 0 Å². The summed E-state index contributed by atoms with van der Waals surface area (Å²) in [7, 11) is 1.49. The standard InChI is InChI=1S/C15H12F3NO2/c1-21-11-8-6-10(7-9-11)19-14(20)12-4-2-3-5-13(12)15(16,17)18/h2-9H,1H3,(H,19,20). The van der Waals surface area contributed by atoms with E-state index in [0.29, 0.717) is 11.4 Å². The molecule has 1 amide bonds. The molecule has 0 radical (unpaired) electrons. The molecule has 1 N–H and O–H groups in total. The Hall–Kier alpha value is -2.50. The highest BCUT2D eigenvalue weighted by atomic mass is 19.4. The van der Waals surface area contributed by atoms with Crippen molar-refractivity contribution >= 4 is 11.6 Å². The molecule has 2 aromatic rings. The number of anilines is 1. The average Bonchev–Trinajstić information content (AvgIpc) is 2.47. The predicted octanol–water partition coefficient (Wildman–Crippen LogP) is 3.97. The third kappa shape index (κ3) is 3.53. The van der Waals surface area contributed by atoms with Crippen LogP contribution < -0.4 is 10.1 Å². The third-order valence-corrected chi connectivity index (χ3v) is 2.82. The second kappa shape index (κ2) is 5.87. The van der Waals surface area contributed by atoms with Gasteiger partial charge in [0.15, 0.2) is 0 Å². The van der Waals surface area contributed by atoms with Crippen molar-refractivity contribution in [3.8, 4) is 5.75 Å². The van der Waals surface area contributed by atoms with Crippen molar-refractivity contribution in [2.75, 3.05) is 12.4 Å². The normalized spacial score (nSPS) is 11.0. The summed E-state index contributed by atoms with van der Waals surface area (Å²) in [6.45, 7) is 0. The zero-order chi connectivity index (χ0) is 15.5. The van der Waals surface area contributed by atoms with Crippen LogP contribution in [0.5, 0.6) is 5.75 Å². The summed E-state index contributed by atoms with van der Waals surface area (Å²) >= 11 is 0. The van der Waals surface area contributed by atoms with Crippen molar-refractivity contribution in [2.45, 2.75) is 6.18 Å². The molecule has 0 spiro atoms. The van der Waals surface area contributed by atoms with Crippen LogP contribution in [-0.4, -0.2) is 13.0 Å². The number of hydrogen-bond acceptors (Lipinski definition) is 2. The van der Waals surface area contributed by atoms with Gasteiger partial charge in [0.2, 0.25) is 0 Å². The Labute approximate surface area is 119 Å². The molecule has 0 aromatic heterocycles. The van der Waals surface area contributed by atoms with Crippen LogP contribution in [0.25, 0.3) is 0 Å². The highest BCUT2D eigenvalue weighted by Gasteiger charge is 2.34. The summed E-state index contributed by atoms with van der Waals surface area (Å²) < 4.78 is 43.5. The minimum absolute atomic E-state index is 0.387. The zero-order valence-corrected chi connectivity index (χ0v) is 11.1. The van der Waals surface area contributed by atoms with Crippen LogP contribution in [0.4, 0.5) is 18.9 Å². The lowest BCUT2D eigenvalue weighted by molar-refractivity contribution is -0.137. The zero-order valence-electron chi connectivity index (χ0n) is 11.1. The summed E-state index contributed by atoms with van der Waals surface area (Å²) in [5, 5.41) is 2.43. The Balaban J connectivity index is 2.24. The first kappa shape index (κ1) is 14.9. The van der Waals surface area contributed by atoms with Crippen molar-refractivity contribution in [2.24, 2.45) is 0 Å². The topological polar surface area (TPSA) is 38.3 Å². The average molecular weight is 295 g/mol. The Morgan fingerprint density at radius 2 is 1.67 bits per heavy atom. The Morgan fingerprint density at radius 1 is 1.05 bits per heavy atom. The molecule has 0 aliphatic heterocycles. The monoisotopic (exact) mass is 295 g/mol. The van der Waals surface area contributed by atoms with Gasteiger partial charge in [0.25, 0.3) is 5.91 Å². The molecule has 0 aliphatic rings. The number of halogens is 3. The number of nitrogens with one attached hydrogen (secondary N) is 1. The second-order valence-electron chi connectivity index (χ2n) is 4.23. The Morgan fingerprint density at radius 3 is 2.24 bits per heavy atom. The van der Waals surface area contributed by atoms with Gasteiger partial charge in [-0.3, -0.25) is 4.79 Å². The lowest BCUT2D eigenvalue weighted by atomic mass is 10.1. The summed E-state index contributed by atoms with van der Waals surface area (Å²) in [6, 6.07) is 11.0. The van der Waals surface area contributed by atoms with Gasteiger partial charge in [-0.05, 0) is 36.4 Å². The highest BCUT2D eigenvalue weighted by molar-refractivity contribution is 6.05. The van der Waals surface area contributed by atoms with Crippen LogP contribution in [0.1, 0.15) is 15.9 Å². The van der Waals surface area contributed by atoms with Gasteiger partial charge in [0.1, 0.15) is 5.75 Å². The fourth-order valence-corrected chi connectivity index (χ4v) is 1.80. The molecule has 3 nitrogen and oxygen atoms in total. The van der Waals surface area contributed by atoms with E-state index in [1.54, 1.807) is 24.3 Å². The van der Waals surface area contributed by atoms with E-state index in [9.17, 15) is 18.0 Å². The second-order valence-corrected chi connectivity index (χ2v) is 4.23. The number of methoxy groups -OCH3 is 1. The first-order valence-electron chi connectivity index (χ1n) is 6.03. The number of hydrogen-bond donors (Lipinski definition) is 1. The molecule has 6 heteroatoms. The van der Waals surface area contributed by atoms with Gasteiger partial charge in [-0.15, -0.1) is 0 Å². The largest absolute Gasteiger partial charge is 0.497 e. The summed E-state index contributed by atoms with van der Waals surface area (Å²) in [6.07, 6.45) is -4.58. The summed E-state index contributed by atoms with van der Waals surface area (Å²) in [4.78, 5) is 12.0. The maximum Gasteiger partial charge on any atom is 0.417 e. The van der Waals surface area contributed by atoms with Crippen LogP contribution in [0, 0.1) is 0 Å². The van der Waals surface area contributed by atoms with Crippen molar-refractivity contribution in [1.29, 1.82) is 0 Å². The molecule has 0 bridgehead atoms. The van der Waals surface area contributed by atoms with E-state index in [1.807, 2.05) is 0 Å². The fourth-order valence-electron chi connectivity index (χ4n) is 1.80. The van der Waals surface area contributed by atoms with Crippen molar-refractivity contribution < 1.29 is 22.7 Å². The summed E-state index contributed by atoms with van der Waals surface area (Å²) in [5.74, 6) is -0.225. The molecule has 2 aromatic carbocycles. The molecule has 21 heavy (non-hydrogen) atoms. The number of ether oxygens (including phenoxy) is 1. The lowest BCUT2D eigenvalue weighted by Crippen LogP contribution is -2.18. The van der Waals surface area contributed by atoms with E-state index in [4.69, 9.17) is 4.74 Å². The van der Waals surface area contributed by atoms with Crippen LogP contribution in [0.3, 0.4) is 0 Å². The Kier molecular flexibility index (Phi) is 4.16. The number of alkyl halides is 3. The summed E-state index contributed by atoms with van der Waals surface area (Å²) in [5.41, 5.74) is -0.991. The third-order valence-electron chi connectivity index (χ3n) is 2.82. The number of rotatable bonds is 3. The van der Waals surface area contributed by atoms with Crippen LogP contribution in [-0.2, 0) is 6.18 Å². The van der Waals surface area contributed by atoms with Gasteiger partial charge in [0.05, 0.1) is 18.2 Å². The van der Waals surface area contributed by atoms with E-state index < -0.39 is 23.2 Å². The minimum atomic E-state index is -4.58. The lowest BCUT2D eigenvalue weighted by Gasteiger charge is -2.12. The molecule has 0 unspecified atom stereocenters. The molecular formula is C15H12F3NO2. The van der Waals surface area contributed by atoms with Crippen LogP contribution in [0.2, 0.25) is 0 Å². The van der Waals surface area contributed by atoms with Gasteiger partial charge in [-0.1, -0.05) is 12.1 Å². The van der Waals surface area contributed by atoms with Crippen LogP contribution >= 0.6 is 0 Å². The van der Waals surface area contributed by atoms with Crippen molar-refractivity contribution in [3.63, 3.8) is 0 Å². The fraction of sp³-hybridized carbons (Fsp3) is 0.133. The first-order chi connectivity index (χ1) is 9.91. The van der Waals surface area contributed by atoms with E-state index in [0.717, 1.165) is 12.1 Å². The van der Waals surface area contributed by atoms with E-state index >= 15 is 0 Å². The van der Waals surface area contributed by atoms with Crippen molar-refractivity contribution in [3.05, 3.63) is 59.7 Å². The molecule has 0 fully saturated rings. The van der Waals surface area contributed by atoms with Crippen molar-refractivity contribution in [1.82, 2.24) is 0 Å². The quantitative estimate of drug-likeness (QED) is 0.930. The maximum atomic E-state index is 12.8. The molecule has 0 aliphatic carbocycles. The molecule has 0 heterocycles. The number of amides is 1. The predicted molar refractivity (Wildman–Crippen MR) is 72.4 cm³/mol. The smallest absolute Gasteiger partial charge is 0.417 e. The SMILES string of the molecule is COc1ccc(NC(=O)c2ccccc2C(F)(F)F)cc1. The minimum Gasteiger partial charge on any atom is -0.497 e. The molecule has 2 rings (SSSR count). The number of carbonyl (C=O) groups is 1. The molecule has 110 valence electrons. The first-order valence-corrected chi connectivity index (χ1v) is 6.03. The van der Waals surface area contributed by atoms with Gasteiger partial charge in [-0.2, -0.15) is 13.2 Å². The van der Waals surface area contributed by atoms with Gasteiger partial charge in [0, 0.05) is 5.69 Å². The van der Waals surface area contributed by atoms with E-state index in [1.165, 1.54) is 19.2 Å². The molecular weight excluding hydrogens is 283 g/mol.